The molecule has 0 saturated heterocycles. The molecule has 1 atom stereocenters. The number of hydrogen-bond donors (Lipinski definition) is 2. The molecule has 2 N–H and O–H groups in total. The number of hydrogen-bond acceptors (Lipinski definition) is 3. The van der Waals surface area contributed by atoms with Crippen LogP contribution in [-0.4, -0.2) is 29.6 Å². The summed E-state index contributed by atoms with van der Waals surface area (Å²) >= 11 is 0. The van der Waals surface area contributed by atoms with E-state index in [1.54, 1.807) is 24.3 Å². The van der Waals surface area contributed by atoms with Gasteiger partial charge in [0.05, 0.1) is 6.42 Å². The lowest BCUT2D eigenvalue weighted by molar-refractivity contribution is -0.136. The van der Waals surface area contributed by atoms with Gasteiger partial charge in [0.15, 0.2) is 6.61 Å². The van der Waals surface area contributed by atoms with E-state index < -0.39 is 5.97 Å². The summed E-state index contributed by atoms with van der Waals surface area (Å²) in [7, 11) is 0. The van der Waals surface area contributed by atoms with Crippen molar-refractivity contribution in [3.8, 4) is 5.75 Å². The zero-order valence-corrected chi connectivity index (χ0v) is 11.5. The molecule has 0 aromatic heterocycles. The zero-order chi connectivity index (χ0) is 14.5. The van der Waals surface area contributed by atoms with E-state index in [9.17, 15) is 9.59 Å². The molecule has 20 heavy (non-hydrogen) atoms. The van der Waals surface area contributed by atoms with E-state index in [1.165, 1.54) is 12.8 Å². The molecule has 0 aliphatic heterocycles. The van der Waals surface area contributed by atoms with Gasteiger partial charge in [0.2, 0.25) is 0 Å². The monoisotopic (exact) mass is 277 g/mol. The van der Waals surface area contributed by atoms with Crippen molar-refractivity contribution in [3.63, 3.8) is 0 Å². The van der Waals surface area contributed by atoms with Gasteiger partial charge in [-0.1, -0.05) is 12.1 Å². The molecule has 2 rings (SSSR count). The molecule has 1 aliphatic carbocycles. The van der Waals surface area contributed by atoms with Gasteiger partial charge in [-0.2, -0.15) is 0 Å². The Balaban J connectivity index is 1.75. The summed E-state index contributed by atoms with van der Waals surface area (Å²) in [4.78, 5) is 22.2. The van der Waals surface area contributed by atoms with E-state index in [0.717, 1.165) is 0 Å². The summed E-state index contributed by atoms with van der Waals surface area (Å²) < 4.78 is 5.37. The highest BCUT2D eigenvalue weighted by atomic mass is 16.5. The minimum absolute atomic E-state index is 0.0142. The first-order valence-corrected chi connectivity index (χ1v) is 6.77. The first-order chi connectivity index (χ1) is 9.54. The van der Waals surface area contributed by atoms with E-state index >= 15 is 0 Å². The van der Waals surface area contributed by atoms with Gasteiger partial charge in [0, 0.05) is 6.04 Å². The molecule has 0 radical (unpaired) electrons. The van der Waals surface area contributed by atoms with Crippen LogP contribution in [0.1, 0.15) is 25.3 Å². The van der Waals surface area contributed by atoms with E-state index in [4.69, 9.17) is 9.84 Å². The highest BCUT2D eigenvalue weighted by Gasteiger charge is 2.28. The minimum atomic E-state index is -0.868. The topological polar surface area (TPSA) is 75.6 Å². The number of carbonyl (C=O) groups is 2. The molecule has 1 aromatic carbocycles. The van der Waals surface area contributed by atoms with Gasteiger partial charge in [-0.25, -0.2) is 0 Å². The lowest BCUT2D eigenvalue weighted by Gasteiger charge is -2.13. The van der Waals surface area contributed by atoms with Crippen LogP contribution in [0.4, 0.5) is 0 Å². The molecule has 1 aliphatic rings. The highest BCUT2D eigenvalue weighted by molar-refractivity contribution is 5.77. The van der Waals surface area contributed by atoms with Crippen LogP contribution in [0.2, 0.25) is 0 Å². The van der Waals surface area contributed by atoms with Crippen LogP contribution >= 0.6 is 0 Å². The molecule has 1 saturated carbocycles. The van der Waals surface area contributed by atoms with Crippen molar-refractivity contribution in [2.75, 3.05) is 6.61 Å². The molecule has 0 unspecified atom stereocenters. The summed E-state index contributed by atoms with van der Waals surface area (Å²) in [5, 5.41) is 11.6. The van der Waals surface area contributed by atoms with Crippen molar-refractivity contribution in [2.45, 2.75) is 32.2 Å². The summed E-state index contributed by atoms with van der Waals surface area (Å²) in [5.74, 6) is 0.189. The third-order valence-corrected chi connectivity index (χ3v) is 3.37. The van der Waals surface area contributed by atoms with E-state index in [-0.39, 0.29) is 25.0 Å². The number of carbonyl (C=O) groups excluding carboxylic acids is 1. The Kier molecular flexibility index (Phi) is 4.61. The molecule has 0 bridgehead atoms. The number of rotatable bonds is 7. The highest BCUT2D eigenvalue weighted by Crippen LogP contribution is 2.32. The van der Waals surface area contributed by atoms with Gasteiger partial charge in [0.25, 0.3) is 5.91 Å². The summed E-state index contributed by atoms with van der Waals surface area (Å²) in [6.07, 6.45) is 2.36. The van der Waals surface area contributed by atoms with Crippen molar-refractivity contribution in [3.05, 3.63) is 29.8 Å². The predicted octanol–water partition coefficient (Wildman–Crippen LogP) is 1.61. The molecule has 1 fully saturated rings. The number of benzene rings is 1. The second kappa shape index (κ2) is 6.41. The normalized spacial score (nSPS) is 15.4. The second-order valence-electron chi connectivity index (χ2n) is 5.20. The van der Waals surface area contributed by atoms with Crippen LogP contribution in [0.25, 0.3) is 0 Å². The average molecular weight is 277 g/mol. The molecular weight excluding hydrogens is 258 g/mol. The number of amides is 1. The maximum absolute atomic E-state index is 11.7. The smallest absolute Gasteiger partial charge is 0.307 e. The van der Waals surface area contributed by atoms with Crippen molar-refractivity contribution in [1.29, 1.82) is 0 Å². The van der Waals surface area contributed by atoms with Gasteiger partial charge in [0.1, 0.15) is 5.75 Å². The molecule has 5 nitrogen and oxygen atoms in total. The summed E-state index contributed by atoms with van der Waals surface area (Å²) in [6.45, 7) is 1.99. The standard InChI is InChI=1S/C15H19NO4/c1-10(12-4-5-12)16-14(17)9-20-13-6-2-11(3-7-13)8-15(18)19/h2-3,6-7,10,12H,4-5,8-9H2,1H3,(H,16,17)(H,18,19)/t10-/m0/s1. The lowest BCUT2D eigenvalue weighted by atomic mass is 10.1. The predicted molar refractivity (Wildman–Crippen MR) is 73.6 cm³/mol. The summed E-state index contributed by atoms with van der Waals surface area (Å²) in [6, 6.07) is 6.94. The van der Waals surface area contributed by atoms with Crippen LogP contribution in [0.5, 0.6) is 5.75 Å². The van der Waals surface area contributed by atoms with Crippen LogP contribution in [0.3, 0.4) is 0 Å². The van der Waals surface area contributed by atoms with Gasteiger partial charge < -0.3 is 15.2 Å². The second-order valence-corrected chi connectivity index (χ2v) is 5.20. The number of ether oxygens (including phenoxy) is 1. The quantitative estimate of drug-likeness (QED) is 0.794. The third kappa shape index (κ3) is 4.57. The number of nitrogens with one attached hydrogen (secondary N) is 1. The molecule has 0 spiro atoms. The van der Waals surface area contributed by atoms with Crippen molar-refractivity contribution in [2.24, 2.45) is 5.92 Å². The molecular formula is C15H19NO4. The van der Waals surface area contributed by atoms with E-state index in [0.29, 0.717) is 17.2 Å². The largest absolute Gasteiger partial charge is 0.484 e. The number of aliphatic carboxylic acids is 1. The Bertz CT molecular complexity index is 479. The van der Waals surface area contributed by atoms with Crippen LogP contribution < -0.4 is 10.1 Å². The van der Waals surface area contributed by atoms with Gasteiger partial charge in [-0.05, 0) is 43.4 Å². The van der Waals surface area contributed by atoms with E-state index in [1.807, 2.05) is 6.92 Å². The minimum Gasteiger partial charge on any atom is -0.484 e. The Hall–Kier alpha value is -2.04. The molecule has 5 heteroatoms. The Morgan fingerprint density at radius 2 is 2.00 bits per heavy atom. The fraction of sp³-hybridized carbons (Fsp3) is 0.467. The van der Waals surface area contributed by atoms with Gasteiger partial charge in [-0.15, -0.1) is 0 Å². The van der Waals surface area contributed by atoms with Gasteiger partial charge >= 0.3 is 5.97 Å². The average Bonchev–Trinajstić information content (AvgIpc) is 3.21. The lowest BCUT2D eigenvalue weighted by Crippen LogP contribution is -2.37. The van der Waals surface area contributed by atoms with Gasteiger partial charge in [-0.3, -0.25) is 9.59 Å². The fourth-order valence-corrected chi connectivity index (χ4v) is 2.04. The molecule has 0 heterocycles. The molecule has 1 aromatic rings. The fourth-order valence-electron chi connectivity index (χ4n) is 2.04. The SMILES string of the molecule is C[C@H](NC(=O)COc1ccc(CC(=O)O)cc1)C1CC1. The maximum atomic E-state index is 11.7. The van der Waals surface area contributed by atoms with Crippen LogP contribution in [0.15, 0.2) is 24.3 Å². The number of carboxylic acids is 1. The van der Waals surface area contributed by atoms with E-state index in [2.05, 4.69) is 5.32 Å². The Morgan fingerprint density at radius 3 is 2.55 bits per heavy atom. The third-order valence-electron chi connectivity index (χ3n) is 3.37. The van der Waals surface area contributed by atoms with Crippen molar-refractivity contribution < 1.29 is 19.4 Å². The molecule has 108 valence electrons. The summed E-state index contributed by atoms with van der Waals surface area (Å²) in [5.41, 5.74) is 0.705. The first-order valence-electron chi connectivity index (χ1n) is 6.77. The number of carboxylic acid groups (broad SMARTS) is 1. The van der Waals surface area contributed by atoms with Crippen LogP contribution in [0, 0.1) is 5.92 Å². The zero-order valence-electron chi connectivity index (χ0n) is 11.5. The molecule has 1 amide bonds. The van der Waals surface area contributed by atoms with Crippen molar-refractivity contribution >= 4 is 11.9 Å². The van der Waals surface area contributed by atoms with Crippen LogP contribution in [-0.2, 0) is 16.0 Å². The Labute approximate surface area is 117 Å². The van der Waals surface area contributed by atoms with Crippen molar-refractivity contribution in [1.82, 2.24) is 5.32 Å². The Morgan fingerprint density at radius 1 is 1.35 bits per heavy atom. The first kappa shape index (κ1) is 14.4. The maximum Gasteiger partial charge on any atom is 0.307 e.